The van der Waals surface area contributed by atoms with Crippen LogP contribution in [0.15, 0.2) is 42.0 Å². The molecule has 2 N–H and O–H groups in total. The maximum atomic E-state index is 4.47. The number of pyridine rings is 1. The zero-order chi connectivity index (χ0) is 17.9. The van der Waals surface area contributed by atoms with Gasteiger partial charge in [-0.05, 0) is 25.0 Å². The molecule has 0 aliphatic heterocycles. The van der Waals surface area contributed by atoms with Gasteiger partial charge in [0.05, 0.1) is 0 Å². The van der Waals surface area contributed by atoms with E-state index in [0.29, 0.717) is 12.6 Å². The first-order valence-electron chi connectivity index (χ1n) is 9.13. The molecule has 0 saturated heterocycles. The van der Waals surface area contributed by atoms with Crippen LogP contribution in [0.25, 0.3) is 5.82 Å². The van der Waals surface area contributed by atoms with E-state index in [1.807, 2.05) is 23.0 Å². The number of hydrogen-bond acceptors (Lipinski definition) is 3. The van der Waals surface area contributed by atoms with Crippen LogP contribution in [0, 0.1) is 0 Å². The molecule has 0 aromatic carbocycles. The summed E-state index contributed by atoms with van der Waals surface area (Å²) in [4.78, 5) is 12.8. The second kappa shape index (κ2) is 10.5. The highest BCUT2D eigenvalue weighted by Gasteiger charge is 2.05. The van der Waals surface area contributed by atoms with E-state index in [-0.39, 0.29) is 0 Å². The number of imidazole rings is 1. The Bertz CT molecular complexity index is 618. The Morgan fingerprint density at radius 3 is 2.80 bits per heavy atom. The van der Waals surface area contributed by atoms with E-state index < -0.39 is 0 Å². The van der Waals surface area contributed by atoms with Crippen LogP contribution < -0.4 is 10.6 Å². The zero-order valence-corrected chi connectivity index (χ0v) is 15.6. The van der Waals surface area contributed by atoms with Gasteiger partial charge in [0, 0.05) is 38.2 Å². The predicted molar refractivity (Wildman–Crippen MR) is 103 cm³/mol. The fraction of sp³-hybridized carbons (Fsp3) is 0.526. The van der Waals surface area contributed by atoms with Gasteiger partial charge in [0.15, 0.2) is 5.96 Å². The Hall–Kier alpha value is -2.37. The largest absolute Gasteiger partial charge is 0.354 e. The molecule has 6 nitrogen and oxygen atoms in total. The lowest BCUT2D eigenvalue weighted by Crippen LogP contribution is -2.41. The van der Waals surface area contributed by atoms with E-state index in [0.717, 1.165) is 17.3 Å². The smallest absolute Gasteiger partial charge is 0.191 e. The molecule has 1 atom stereocenters. The molecule has 0 aliphatic rings. The minimum atomic E-state index is 0.421. The van der Waals surface area contributed by atoms with Crippen molar-refractivity contribution in [3.63, 3.8) is 0 Å². The van der Waals surface area contributed by atoms with Crippen molar-refractivity contribution in [2.45, 2.75) is 58.5 Å². The van der Waals surface area contributed by atoms with Gasteiger partial charge < -0.3 is 10.6 Å². The number of nitrogens with zero attached hydrogens (tertiary/aromatic N) is 4. The van der Waals surface area contributed by atoms with Crippen molar-refractivity contribution in [3.8, 4) is 5.82 Å². The summed E-state index contributed by atoms with van der Waals surface area (Å²) in [7, 11) is 1.81. The average molecular weight is 342 g/mol. The van der Waals surface area contributed by atoms with Crippen LogP contribution in [0.5, 0.6) is 0 Å². The summed E-state index contributed by atoms with van der Waals surface area (Å²) in [5.41, 5.74) is 1.11. The van der Waals surface area contributed by atoms with Gasteiger partial charge in [0.25, 0.3) is 0 Å². The number of aliphatic imine (C=N–C) groups is 1. The molecule has 0 fully saturated rings. The Morgan fingerprint density at radius 2 is 2.16 bits per heavy atom. The third-order valence-corrected chi connectivity index (χ3v) is 4.14. The van der Waals surface area contributed by atoms with Gasteiger partial charge in [-0.25, -0.2) is 9.97 Å². The van der Waals surface area contributed by atoms with Crippen LogP contribution in [-0.2, 0) is 6.54 Å². The normalized spacial score (nSPS) is 12.8. The first-order valence-corrected chi connectivity index (χ1v) is 9.13. The highest BCUT2D eigenvalue weighted by molar-refractivity contribution is 5.79. The minimum absolute atomic E-state index is 0.421. The van der Waals surface area contributed by atoms with Crippen LogP contribution >= 0.6 is 0 Å². The van der Waals surface area contributed by atoms with E-state index in [4.69, 9.17) is 0 Å². The van der Waals surface area contributed by atoms with E-state index in [2.05, 4.69) is 45.5 Å². The molecule has 0 spiro atoms. The van der Waals surface area contributed by atoms with E-state index in [9.17, 15) is 0 Å². The van der Waals surface area contributed by atoms with Crippen LogP contribution in [0.2, 0.25) is 0 Å². The van der Waals surface area contributed by atoms with Gasteiger partial charge in [0.1, 0.15) is 12.1 Å². The highest BCUT2D eigenvalue weighted by Crippen LogP contribution is 2.06. The van der Waals surface area contributed by atoms with Gasteiger partial charge >= 0.3 is 0 Å². The van der Waals surface area contributed by atoms with Crippen molar-refractivity contribution >= 4 is 5.96 Å². The molecule has 136 valence electrons. The van der Waals surface area contributed by atoms with Crippen molar-refractivity contribution in [1.29, 1.82) is 0 Å². The molecule has 2 aromatic rings. The molecule has 2 rings (SSSR count). The third-order valence-electron chi connectivity index (χ3n) is 4.14. The summed E-state index contributed by atoms with van der Waals surface area (Å²) >= 11 is 0. The summed E-state index contributed by atoms with van der Waals surface area (Å²) in [6.45, 7) is 5.14. The molecular formula is C19H30N6. The maximum Gasteiger partial charge on any atom is 0.191 e. The lowest BCUT2D eigenvalue weighted by molar-refractivity contribution is 0.537. The van der Waals surface area contributed by atoms with Crippen molar-refractivity contribution < 1.29 is 0 Å². The number of rotatable bonds is 9. The number of unbranched alkanes of at least 4 members (excludes halogenated alkanes) is 3. The standard InChI is InChI=1S/C19H30N6/c1-4-5-6-7-8-16(2)24-19(20-3)23-14-17-9-10-18(22-13-17)25-12-11-21-15-25/h9-13,15-16H,4-8,14H2,1-3H3,(H2,20,23,24). The number of hydrogen-bond donors (Lipinski definition) is 2. The first-order chi connectivity index (χ1) is 12.2. The second-order valence-corrected chi connectivity index (χ2v) is 6.32. The Labute approximate surface area is 150 Å². The second-order valence-electron chi connectivity index (χ2n) is 6.32. The molecule has 1 unspecified atom stereocenters. The molecular weight excluding hydrogens is 312 g/mol. The van der Waals surface area contributed by atoms with E-state index in [1.165, 1.54) is 32.1 Å². The zero-order valence-electron chi connectivity index (χ0n) is 15.6. The summed E-state index contributed by atoms with van der Waals surface area (Å²) in [6, 6.07) is 4.48. The minimum Gasteiger partial charge on any atom is -0.354 e. The van der Waals surface area contributed by atoms with Crippen LogP contribution in [0.1, 0.15) is 51.5 Å². The first kappa shape index (κ1) is 19.0. The van der Waals surface area contributed by atoms with Crippen molar-refractivity contribution in [3.05, 3.63) is 42.6 Å². The van der Waals surface area contributed by atoms with Gasteiger partial charge in [-0.1, -0.05) is 38.7 Å². The maximum absolute atomic E-state index is 4.47. The summed E-state index contributed by atoms with van der Waals surface area (Å²) in [5, 5.41) is 6.81. The Kier molecular flexibility index (Phi) is 7.95. The quantitative estimate of drug-likeness (QED) is 0.417. The van der Waals surface area contributed by atoms with E-state index in [1.54, 1.807) is 19.6 Å². The van der Waals surface area contributed by atoms with E-state index >= 15 is 0 Å². The van der Waals surface area contributed by atoms with Gasteiger partial charge in [-0.2, -0.15) is 0 Å². The van der Waals surface area contributed by atoms with Gasteiger partial charge in [-0.15, -0.1) is 0 Å². The molecule has 0 aliphatic carbocycles. The number of nitrogens with one attached hydrogen (secondary N) is 2. The summed E-state index contributed by atoms with van der Waals surface area (Å²) in [6.07, 6.45) is 13.6. The summed E-state index contributed by atoms with van der Waals surface area (Å²) < 4.78 is 1.89. The van der Waals surface area contributed by atoms with Crippen LogP contribution in [0.3, 0.4) is 0 Å². The molecule has 6 heteroatoms. The molecule has 0 radical (unpaired) electrons. The molecule has 0 bridgehead atoms. The molecule has 25 heavy (non-hydrogen) atoms. The molecule has 2 heterocycles. The fourth-order valence-corrected chi connectivity index (χ4v) is 2.63. The SMILES string of the molecule is CCCCCCC(C)NC(=NC)NCc1ccc(-n2ccnc2)nc1. The highest BCUT2D eigenvalue weighted by atomic mass is 15.2. The van der Waals surface area contributed by atoms with Crippen molar-refractivity contribution in [2.24, 2.45) is 4.99 Å². The average Bonchev–Trinajstić information content (AvgIpc) is 3.17. The molecule has 0 amide bonds. The monoisotopic (exact) mass is 342 g/mol. The Balaban J connectivity index is 1.76. The van der Waals surface area contributed by atoms with Gasteiger partial charge in [-0.3, -0.25) is 9.56 Å². The number of guanidine groups is 1. The van der Waals surface area contributed by atoms with Crippen LogP contribution in [0.4, 0.5) is 0 Å². The fourth-order valence-electron chi connectivity index (χ4n) is 2.63. The molecule has 2 aromatic heterocycles. The van der Waals surface area contributed by atoms with Crippen molar-refractivity contribution in [2.75, 3.05) is 7.05 Å². The van der Waals surface area contributed by atoms with Crippen LogP contribution in [-0.4, -0.2) is 33.6 Å². The lowest BCUT2D eigenvalue weighted by atomic mass is 10.1. The lowest BCUT2D eigenvalue weighted by Gasteiger charge is -2.18. The molecule has 0 saturated carbocycles. The summed E-state index contributed by atoms with van der Waals surface area (Å²) in [5.74, 6) is 1.70. The topological polar surface area (TPSA) is 67.1 Å². The van der Waals surface area contributed by atoms with Crippen molar-refractivity contribution in [1.82, 2.24) is 25.2 Å². The third kappa shape index (κ3) is 6.57. The van der Waals surface area contributed by atoms with Gasteiger partial charge in [0.2, 0.25) is 0 Å². The number of aromatic nitrogens is 3. The predicted octanol–water partition coefficient (Wildman–Crippen LogP) is 3.29. The Morgan fingerprint density at radius 1 is 1.28 bits per heavy atom.